The van der Waals surface area contributed by atoms with Crippen molar-refractivity contribution in [1.82, 2.24) is 14.5 Å². The van der Waals surface area contributed by atoms with Gasteiger partial charge in [-0.15, -0.1) is 0 Å². The van der Waals surface area contributed by atoms with E-state index in [1.165, 1.54) is 4.57 Å². The summed E-state index contributed by atoms with van der Waals surface area (Å²) in [5.41, 5.74) is -0.384. The van der Waals surface area contributed by atoms with E-state index in [0.717, 1.165) is 11.1 Å². The molecule has 0 aliphatic carbocycles. The van der Waals surface area contributed by atoms with Crippen LogP contribution in [-0.4, -0.2) is 59.9 Å². The van der Waals surface area contributed by atoms with Crippen LogP contribution in [0.5, 0.6) is 0 Å². The topological polar surface area (TPSA) is 176 Å². The monoisotopic (exact) mass is 392 g/mol. The van der Waals surface area contributed by atoms with E-state index in [-0.39, 0.29) is 16.9 Å². The zero-order chi connectivity index (χ0) is 20.7. The van der Waals surface area contributed by atoms with Crippen LogP contribution >= 0.6 is 0 Å². The fraction of sp³-hybridized carbons (Fsp3) is 0.412. The molecule has 0 amide bonds. The fourth-order valence-electron chi connectivity index (χ4n) is 3.05. The number of benzene rings is 1. The van der Waals surface area contributed by atoms with Crippen molar-refractivity contribution >= 4 is 11.0 Å². The van der Waals surface area contributed by atoms with Crippen molar-refractivity contribution in [1.29, 1.82) is 0 Å². The number of aryl methyl sites for hydroxylation is 2. The quantitative estimate of drug-likeness (QED) is 0.180. The highest BCUT2D eigenvalue weighted by molar-refractivity contribution is 5.77. The van der Waals surface area contributed by atoms with E-state index in [0.29, 0.717) is 4.73 Å². The maximum Gasteiger partial charge on any atom is 0.350 e. The summed E-state index contributed by atoms with van der Waals surface area (Å²) >= 11 is 0. The molecule has 11 nitrogen and oxygen atoms in total. The first kappa shape index (κ1) is 19.9. The molecule has 28 heavy (non-hydrogen) atoms. The molecule has 0 bridgehead atoms. The molecule has 0 radical (unpaired) electrons. The van der Waals surface area contributed by atoms with E-state index in [2.05, 4.69) is 4.98 Å². The lowest BCUT2D eigenvalue weighted by Crippen LogP contribution is -2.45. The Balaban J connectivity index is 2.35. The third-order valence-corrected chi connectivity index (χ3v) is 4.76. The van der Waals surface area contributed by atoms with Crippen LogP contribution in [0.25, 0.3) is 22.6 Å². The Morgan fingerprint density at radius 2 is 1.82 bits per heavy atom. The molecule has 0 saturated heterocycles. The maximum atomic E-state index is 12.8. The first-order valence-corrected chi connectivity index (χ1v) is 8.48. The Bertz CT molecular complexity index is 1120. The van der Waals surface area contributed by atoms with Crippen molar-refractivity contribution in [2.24, 2.45) is 0 Å². The third kappa shape index (κ3) is 3.24. The molecule has 3 atom stereocenters. The minimum atomic E-state index is -1.71. The Labute approximate surface area is 157 Å². The van der Waals surface area contributed by atoms with Crippen LogP contribution in [0.2, 0.25) is 0 Å². The maximum absolute atomic E-state index is 12.8. The molecule has 0 fully saturated rings. The van der Waals surface area contributed by atoms with Crippen molar-refractivity contribution in [2.45, 2.75) is 38.7 Å². The largest absolute Gasteiger partial charge is 0.618 e. The van der Waals surface area contributed by atoms with E-state index in [1.54, 1.807) is 26.0 Å². The zero-order valence-electron chi connectivity index (χ0n) is 15.2. The summed E-state index contributed by atoms with van der Waals surface area (Å²) < 4.78 is 1.63. The third-order valence-electron chi connectivity index (χ3n) is 4.76. The van der Waals surface area contributed by atoms with Gasteiger partial charge in [0.05, 0.1) is 13.2 Å². The van der Waals surface area contributed by atoms with E-state index in [4.69, 9.17) is 5.11 Å². The Hall–Kier alpha value is -2.86. The molecule has 150 valence electrons. The first-order chi connectivity index (χ1) is 13.1. The van der Waals surface area contributed by atoms with Crippen LogP contribution in [0.4, 0.5) is 0 Å². The standard InChI is InChI=1S/C17H20N4O7/c1-7-3-9-10(4-8(7)2)21(28)13-15(18-17(27)19-16(13)26)20(9)5-11(23)14(25)12(24)6-22/h3-4,11-12,14,22-25H,5-6H2,1-2H3,(H,19,26,27)/t11-,12+,14-/m0/s1. The fourth-order valence-corrected chi connectivity index (χ4v) is 3.05. The SMILES string of the molecule is Cc1cc2c(cc1C)[n+]([O-])c1c(=O)[nH]c(=O)nc-1n2C[C@H](O)[C@H](O)[C@H](O)CO. The lowest BCUT2D eigenvalue weighted by molar-refractivity contribution is -0.566. The van der Waals surface area contributed by atoms with Crippen molar-refractivity contribution in [3.63, 3.8) is 0 Å². The molecule has 2 heterocycles. The number of fused-ring (bicyclic) bond motifs is 2. The highest BCUT2D eigenvalue weighted by Gasteiger charge is 2.31. The summed E-state index contributed by atoms with van der Waals surface area (Å²) in [4.78, 5) is 29.6. The number of hydrogen-bond acceptors (Lipinski definition) is 8. The van der Waals surface area contributed by atoms with Gasteiger partial charge >= 0.3 is 16.9 Å². The molecular formula is C17H20N4O7. The summed E-state index contributed by atoms with van der Waals surface area (Å²) in [6.07, 6.45) is -4.89. The van der Waals surface area contributed by atoms with Crippen molar-refractivity contribution < 1.29 is 25.2 Å². The van der Waals surface area contributed by atoms with Crippen LogP contribution in [0.3, 0.4) is 0 Å². The lowest BCUT2D eigenvalue weighted by Gasteiger charge is -2.24. The van der Waals surface area contributed by atoms with E-state index in [9.17, 15) is 30.1 Å². The molecule has 11 heteroatoms. The smallest absolute Gasteiger partial charge is 0.350 e. The summed E-state index contributed by atoms with van der Waals surface area (Å²) in [6, 6.07) is 3.19. The van der Waals surface area contributed by atoms with Gasteiger partial charge in [0.25, 0.3) is 0 Å². The van der Waals surface area contributed by atoms with Crippen molar-refractivity contribution in [3.05, 3.63) is 49.3 Å². The molecule has 2 aliphatic rings. The molecule has 0 spiro atoms. The van der Waals surface area contributed by atoms with Crippen LogP contribution in [-0.2, 0) is 6.54 Å². The Morgan fingerprint density at radius 1 is 1.18 bits per heavy atom. The number of H-pyrrole nitrogens is 1. The highest BCUT2D eigenvalue weighted by Crippen LogP contribution is 2.23. The second-order valence-electron chi connectivity index (χ2n) is 6.68. The van der Waals surface area contributed by atoms with Gasteiger partial charge in [-0.3, -0.25) is 9.78 Å². The molecular weight excluding hydrogens is 372 g/mol. The molecule has 3 rings (SSSR count). The molecule has 2 aliphatic heterocycles. The number of nitrogens with one attached hydrogen (secondary N) is 1. The molecule has 0 aromatic heterocycles. The normalized spacial score (nSPS) is 15.1. The van der Waals surface area contributed by atoms with Crippen LogP contribution in [0.1, 0.15) is 11.1 Å². The summed E-state index contributed by atoms with van der Waals surface area (Å²) in [6.45, 7) is 2.40. The molecule has 0 unspecified atom stereocenters. The van der Waals surface area contributed by atoms with Gasteiger partial charge in [-0.2, -0.15) is 9.71 Å². The van der Waals surface area contributed by atoms with Gasteiger partial charge in [-0.1, -0.05) is 0 Å². The zero-order valence-corrected chi connectivity index (χ0v) is 15.2. The van der Waals surface area contributed by atoms with Gasteiger partial charge in [0, 0.05) is 6.07 Å². The predicted octanol–water partition coefficient (Wildman–Crippen LogP) is -2.49. The average molecular weight is 392 g/mol. The molecule has 1 aromatic rings. The second kappa shape index (κ2) is 7.28. The molecule has 0 saturated carbocycles. The van der Waals surface area contributed by atoms with Gasteiger partial charge in [0.2, 0.25) is 11.3 Å². The van der Waals surface area contributed by atoms with E-state index in [1.807, 2.05) is 4.98 Å². The lowest BCUT2D eigenvalue weighted by atomic mass is 10.1. The number of aromatic nitrogens is 4. The van der Waals surface area contributed by atoms with Crippen LogP contribution in [0.15, 0.2) is 21.7 Å². The number of aliphatic hydroxyl groups excluding tert-OH is 4. The number of aliphatic hydroxyl groups is 4. The highest BCUT2D eigenvalue weighted by atomic mass is 16.5. The van der Waals surface area contributed by atoms with Crippen molar-refractivity contribution in [2.75, 3.05) is 6.61 Å². The summed E-state index contributed by atoms with van der Waals surface area (Å²) in [5, 5.41) is 51.6. The number of hydrogen-bond donors (Lipinski definition) is 5. The van der Waals surface area contributed by atoms with Crippen LogP contribution in [0, 0.1) is 19.1 Å². The van der Waals surface area contributed by atoms with Gasteiger partial charge in [-0.25, -0.2) is 4.79 Å². The predicted molar refractivity (Wildman–Crippen MR) is 96.8 cm³/mol. The van der Waals surface area contributed by atoms with Crippen molar-refractivity contribution in [3.8, 4) is 11.5 Å². The second-order valence-corrected chi connectivity index (χ2v) is 6.68. The minimum absolute atomic E-state index is 0.103. The Morgan fingerprint density at radius 3 is 2.46 bits per heavy atom. The van der Waals surface area contributed by atoms with E-state index < -0.39 is 48.4 Å². The van der Waals surface area contributed by atoms with Gasteiger partial charge in [0.1, 0.15) is 23.8 Å². The van der Waals surface area contributed by atoms with Crippen LogP contribution < -0.4 is 16.0 Å². The number of nitrogens with zero attached hydrogens (tertiary/aromatic N) is 3. The van der Waals surface area contributed by atoms with Gasteiger partial charge < -0.3 is 30.2 Å². The number of aromatic amines is 1. The number of rotatable bonds is 5. The average Bonchev–Trinajstić information content (AvgIpc) is 2.64. The van der Waals surface area contributed by atoms with Gasteiger partial charge in [-0.05, 0) is 31.0 Å². The minimum Gasteiger partial charge on any atom is -0.618 e. The summed E-state index contributed by atoms with van der Waals surface area (Å²) in [5.74, 6) is -0.274. The first-order valence-electron chi connectivity index (χ1n) is 8.48. The molecule has 5 N–H and O–H groups in total. The van der Waals surface area contributed by atoms with Gasteiger partial charge in [0.15, 0.2) is 0 Å². The Kier molecular flexibility index (Phi) is 5.17. The molecule has 1 aromatic carbocycles. The van der Waals surface area contributed by atoms with E-state index >= 15 is 0 Å². The summed E-state index contributed by atoms with van der Waals surface area (Å²) in [7, 11) is 0.